The quantitative estimate of drug-likeness (QED) is 0.872. The summed E-state index contributed by atoms with van der Waals surface area (Å²) in [4.78, 5) is 26.2. The SMILES string of the molecule is COCC1(C(N)=O)CCCN1C(=O)c1cccc(CC#N)c1. The molecule has 0 aliphatic carbocycles. The van der Waals surface area contributed by atoms with Crippen molar-refractivity contribution >= 4 is 11.8 Å². The number of nitrogens with zero attached hydrogens (tertiary/aromatic N) is 2. The Morgan fingerprint density at radius 3 is 2.91 bits per heavy atom. The van der Waals surface area contributed by atoms with E-state index in [0.717, 1.165) is 5.56 Å². The second-order valence-electron chi connectivity index (χ2n) is 5.42. The van der Waals surface area contributed by atoms with Crippen molar-refractivity contribution in [2.45, 2.75) is 24.8 Å². The molecule has 6 heteroatoms. The number of methoxy groups -OCH3 is 1. The Morgan fingerprint density at radius 2 is 2.27 bits per heavy atom. The van der Waals surface area contributed by atoms with Crippen LogP contribution in [0.2, 0.25) is 0 Å². The summed E-state index contributed by atoms with van der Waals surface area (Å²) in [5.41, 5.74) is 5.68. The van der Waals surface area contributed by atoms with E-state index in [1.807, 2.05) is 0 Å². The molecule has 1 aromatic carbocycles. The monoisotopic (exact) mass is 301 g/mol. The fraction of sp³-hybridized carbons (Fsp3) is 0.438. The van der Waals surface area contributed by atoms with Crippen molar-refractivity contribution in [3.05, 3.63) is 35.4 Å². The molecular formula is C16H19N3O3. The van der Waals surface area contributed by atoms with Crippen LogP contribution in [0.15, 0.2) is 24.3 Å². The summed E-state index contributed by atoms with van der Waals surface area (Å²) in [6, 6.07) is 8.95. The van der Waals surface area contributed by atoms with Crippen molar-refractivity contribution in [1.29, 1.82) is 5.26 Å². The Balaban J connectivity index is 2.33. The molecule has 1 saturated heterocycles. The molecule has 0 aromatic heterocycles. The van der Waals surface area contributed by atoms with Crippen LogP contribution in [-0.2, 0) is 16.0 Å². The molecule has 0 radical (unpaired) electrons. The number of rotatable bonds is 5. The Kier molecular flexibility index (Phi) is 4.78. The second-order valence-corrected chi connectivity index (χ2v) is 5.42. The molecule has 0 saturated carbocycles. The molecule has 6 nitrogen and oxygen atoms in total. The number of primary amides is 1. The zero-order valence-electron chi connectivity index (χ0n) is 12.5. The lowest BCUT2D eigenvalue weighted by Gasteiger charge is -2.35. The molecule has 2 rings (SSSR count). The normalized spacial score (nSPS) is 20.6. The van der Waals surface area contributed by atoms with E-state index < -0.39 is 11.4 Å². The highest BCUT2D eigenvalue weighted by Crippen LogP contribution is 2.31. The standard InChI is InChI=1S/C16H19N3O3/c1-22-11-16(15(18)21)7-3-9-19(16)14(20)13-5-2-4-12(10-13)6-8-17/h2,4-5,10H,3,6-7,9,11H2,1H3,(H2,18,21). The van der Waals surface area contributed by atoms with Gasteiger partial charge in [-0.1, -0.05) is 12.1 Å². The topological polar surface area (TPSA) is 96.4 Å². The number of benzene rings is 1. The maximum Gasteiger partial charge on any atom is 0.254 e. The van der Waals surface area contributed by atoms with E-state index in [9.17, 15) is 9.59 Å². The van der Waals surface area contributed by atoms with Crippen molar-refractivity contribution in [3.63, 3.8) is 0 Å². The zero-order chi connectivity index (χ0) is 16.2. The average molecular weight is 301 g/mol. The van der Waals surface area contributed by atoms with E-state index in [1.165, 1.54) is 12.0 Å². The minimum atomic E-state index is -1.09. The van der Waals surface area contributed by atoms with Gasteiger partial charge in [0.15, 0.2) is 0 Å². The third-order valence-electron chi connectivity index (χ3n) is 4.03. The molecule has 2 N–H and O–H groups in total. The van der Waals surface area contributed by atoms with Crippen molar-refractivity contribution in [2.24, 2.45) is 5.73 Å². The van der Waals surface area contributed by atoms with Crippen LogP contribution in [0, 0.1) is 11.3 Å². The molecule has 0 bridgehead atoms. The van der Waals surface area contributed by atoms with Crippen LogP contribution in [-0.4, -0.2) is 42.5 Å². The Hall–Kier alpha value is -2.39. The van der Waals surface area contributed by atoms with Gasteiger partial charge in [-0.05, 0) is 30.5 Å². The van der Waals surface area contributed by atoms with Crippen molar-refractivity contribution in [3.8, 4) is 6.07 Å². The van der Waals surface area contributed by atoms with Gasteiger partial charge in [-0.15, -0.1) is 0 Å². The molecule has 1 heterocycles. The third-order valence-corrected chi connectivity index (χ3v) is 4.03. The summed E-state index contributed by atoms with van der Waals surface area (Å²) >= 11 is 0. The highest BCUT2D eigenvalue weighted by molar-refractivity contribution is 5.99. The maximum absolute atomic E-state index is 12.8. The van der Waals surface area contributed by atoms with E-state index in [2.05, 4.69) is 6.07 Å². The zero-order valence-corrected chi connectivity index (χ0v) is 12.5. The van der Waals surface area contributed by atoms with Gasteiger partial charge in [0.25, 0.3) is 5.91 Å². The molecule has 1 aliphatic rings. The number of carbonyl (C=O) groups excluding carboxylic acids is 2. The van der Waals surface area contributed by atoms with Gasteiger partial charge in [-0.3, -0.25) is 9.59 Å². The second kappa shape index (κ2) is 6.58. The lowest BCUT2D eigenvalue weighted by atomic mass is 9.95. The highest BCUT2D eigenvalue weighted by atomic mass is 16.5. The molecular weight excluding hydrogens is 282 g/mol. The lowest BCUT2D eigenvalue weighted by molar-refractivity contribution is -0.130. The van der Waals surface area contributed by atoms with Crippen LogP contribution in [0.3, 0.4) is 0 Å². The number of carbonyl (C=O) groups is 2. The molecule has 1 fully saturated rings. The third kappa shape index (κ3) is 2.81. The Morgan fingerprint density at radius 1 is 1.50 bits per heavy atom. The minimum Gasteiger partial charge on any atom is -0.382 e. The first-order valence-corrected chi connectivity index (χ1v) is 7.12. The first-order valence-electron chi connectivity index (χ1n) is 7.12. The number of hydrogen-bond acceptors (Lipinski definition) is 4. The molecule has 1 aliphatic heterocycles. The van der Waals surface area contributed by atoms with E-state index in [-0.39, 0.29) is 18.9 Å². The number of amides is 2. The highest BCUT2D eigenvalue weighted by Gasteiger charge is 2.48. The van der Waals surface area contributed by atoms with Crippen LogP contribution in [0.25, 0.3) is 0 Å². The number of nitriles is 1. The molecule has 2 amide bonds. The van der Waals surface area contributed by atoms with Crippen LogP contribution in [0.5, 0.6) is 0 Å². The number of likely N-dealkylation sites (tertiary alicyclic amines) is 1. The van der Waals surface area contributed by atoms with Crippen LogP contribution < -0.4 is 5.73 Å². The summed E-state index contributed by atoms with van der Waals surface area (Å²) in [6.07, 6.45) is 1.44. The van der Waals surface area contributed by atoms with Gasteiger partial charge >= 0.3 is 0 Å². The van der Waals surface area contributed by atoms with E-state index in [4.69, 9.17) is 15.7 Å². The lowest BCUT2D eigenvalue weighted by Crippen LogP contribution is -2.58. The minimum absolute atomic E-state index is 0.0892. The average Bonchev–Trinajstić information content (AvgIpc) is 2.92. The molecule has 1 atom stereocenters. The molecule has 1 unspecified atom stereocenters. The number of nitrogens with two attached hydrogens (primary N) is 1. The van der Waals surface area contributed by atoms with Gasteiger partial charge < -0.3 is 15.4 Å². The molecule has 22 heavy (non-hydrogen) atoms. The van der Waals surface area contributed by atoms with Gasteiger partial charge in [-0.2, -0.15) is 5.26 Å². The van der Waals surface area contributed by atoms with Crippen LogP contribution in [0.1, 0.15) is 28.8 Å². The van der Waals surface area contributed by atoms with Crippen LogP contribution >= 0.6 is 0 Å². The smallest absolute Gasteiger partial charge is 0.254 e. The molecule has 1 aromatic rings. The summed E-state index contributed by atoms with van der Waals surface area (Å²) in [5, 5.41) is 8.76. The fourth-order valence-corrected chi connectivity index (χ4v) is 2.95. The van der Waals surface area contributed by atoms with Gasteiger partial charge in [0.1, 0.15) is 5.54 Å². The van der Waals surface area contributed by atoms with Gasteiger partial charge in [0.2, 0.25) is 5.91 Å². The van der Waals surface area contributed by atoms with E-state index in [0.29, 0.717) is 24.9 Å². The molecule has 116 valence electrons. The first-order chi connectivity index (χ1) is 10.5. The summed E-state index contributed by atoms with van der Waals surface area (Å²) in [5.74, 6) is -0.804. The van der Waals surface area contributed by atoms with E-state index >= 15 is 0 Å². The Labute approximate surface area is 129 Å². The number of hydrogen-bond donors (Lipinski definition) is 1. The fourth-order valence-electron chi connectivity index (χ4n) is 2.95. The van der Waals surface area contributed by atoms with E-state index in [1.54, 1.807) is 24.3 Å². The van der Waals surface area contributed by atoms with Crippen molar-refractivity contribution < 1.29 is 14.3 Å². The predicted octanol–water partition coefficient (Wildman–Crippen LogP) is 0.859. The summed E-state index contributed by atoms with van der Waals surface area (Å²) in [6.45, 7) is 0.555. The van der Waals surface area contributed by atoms with Crippen molar-refractivity contribution in [1.82, 2.24) is 4.90 Å². The summed E-state index contributed by atoms with van der Waals surface area (Å²) in [7, 11) is 1.49. The van der Waals surface area contributed by atoms with Gasteiger partial charge in [-0.25, -0.2) is 0 Å². The Bertz CT molecular complexity index is 623. The number of ether oxygens (including phenoxy) is 1. The van der Waals surface area contributed by atoms with Gasteiger partial charge in [0, 0.05) is 19.2 Å². The van der Waals surface area contributed by atoms with Crippen molar-refractivity contribution in [2.75, 3.05) is 20.3 Å². The predicted molar refractivity (Wildman–Crippen MR) is 79.8 cm³/mol. The molecule has 0 spiro atoms. The first kappa shape index (κ1) is 16.0. The summed E-state index contributed by atoms with van der Waals surface area (Å²) < 4.78 is 5.13. The largest absolute Gasteiger partial charge is 0.382 e. The van der Waals surface area contributed by atoms with Crippen LogP contribution in [0.4, 0.5) is 0 Å². The van der Waals surface area contributed by atoms with Gasteiger partial charge in [0.05, 0.1) is 19.1 Å². The maximum atomic E-state index is 12.8.